The number of anilines is 1. The van der Waals surface area contributed by atoms with Gasteiger partial charge in [-0.1, -0.05) is 12.1 Å². The quantitative estimate of drug-likeness (QED) is 0.487. The molecule has 30 heavy (non-hydrogen) atoms. The second kappa shape index (κ2) is 6.67. The van der Waals surface area contributed by atoms with Crippen LogP contribution >= 0.6 is 0 Å². The summed E-state index contributed by atoms with van der Waals surface area (Å²) < 4.78 is 13.9. The van der Waals surface area contributed by atoms with Crippen molar-refractivity contribution in [3.63, 3.8) is 0 Å². The molecule has 0 aliphatic carbocycles. The molecule has 0 unspecified atom stereocenters. The molecule has 2 aromatic heterocycles. The van der Waals surface area contributed by atoms with Gasteiger partial charge in [-0.3, -0.25) is 4.79 Å². The maximum atomic E-state index is 13.9. The van der Waals surface area contributed by atoms with Crippen molar-refractivity contribution in [2.45, 2.75) is 18.9 Å². The third kappa shape index (κ3) is 2.81. The zero-order valence-electron chi connectivity index (χ0n) is 16.4. The van der Waals surface area contributed by atoms with Crippen LogP contribution in [0.3, 0.4) is 0 Å². The normalized spacial score (nSPS) is 23.3. The Kier molecular flexibility index (Phi) is 3.92. The standard InChI is InChI=1S/C23H22FN5O/c24-14-5-6-15-18(11-14)28-23(30)20(22-26-16-3-1-2-4-17(16)27-22)21(15)25-19-12-29-9-7-13(19)8-10-29/h1-6,11,13,19H,7-10,12H2,(H,26,27)(H2,25,28,30)/t19-/m0/s1. The van der Waals surface area contributed by atoms with Crippen molar-refractivity contribution in [3.8, 4) is 11.4 Å². The molecule has 1 atom stereocenters. The molecule has 5 heterocycles. The van der Waals surface area contributed by atoms with E-state index in [1.54, 1.807) is 6.07 Å². The Balaban J connectivity index is 1.56. The predicted molar refractivity (Wildman–Crippen MR) is 116 cm³/mol. The highest BCUT2D eigenvalue weighted by Crippen LogP contribution is 2.35. The van der Waals surface area contributed by atoms with Crippen LogP contribution in [0.15, 0.2) is 47.3 Å². The summed E-state index contributed by atoms with van der Waals surface area (Å²) in [6.07, 6.45) is 2.32. The van der Waals surface area contributed by atoms with E-state index in [1.165, 1.54) is 12.1 Å². The second-order valence-corrected chi connectivity index (χ2v) is 8.39. The lowest BCUT2D eigenvalue weighted by Gasteiger charge is -2.45. The molecule has 3 aliphatic heterocycles. The van der Waals surface area contributed by atoms with Gasteiger partial charge in [0, 0.05) is 18.0 Å². The van der Waals surface area contributed by atoms with E-state index in [9.17, 15) is 9.18 Å². The van der Waals surface area contributed by atoms with E-state index in [2.05, 4.69) is 25.2 Å². The maximum absolute atomic E-state index is 13.9. The molecule has 3 saturated heterocycles. The van der Waals surface area contributed by atoms with Gasteiger partial charge in [-0.05, 0) is 62.2 Å². The van der Waals surface area contributed by atoms with E-state index in [4.69, 9.17) is 0 Å². The van der Waals surface area contributed by atoms with E-state index in [-0.39, 0.29) is 17.4 Å². The van der Waals surface area contributed by atoms with Crippen LogP contribution in [-0.4, -0.2) is 45.5 Å². The Morgan fingerprint density at radius 2 is 1.90 bits per heavy atom. The van der Waals surface area contributed by atoms with Gasteiger partial charge >= 0.3 is 0 Å². The van der Waals surface area contributed by atoms with E-state index >= 15 is 0 Å². The van der Waals surface area contributed by atoms with Gasteiger partial charge in [-0.25, -0.2) is 9.37 Å². The average Bonchev–Trinajstić information content (AvgIpc) is 3.18. The molecular formula is C23H22FN5O. The monoisotopic (exact) mass is 403 g/mol. The van der Waals surface area contributed by atoms with Crippen molar-refractivity contribution in [1.82, 2.24) is 19.9 Å². The van der Waals surface area contributed by atoms with Gasteiger partial charge in [-0.15, -0.1) is 0 Å². The summed E-state index contributed by atoms with van der Waals surface area (Å²) in [6, 6.07) is 12.5. The summed E-state index contributed by atoms with van der Waals surface area (Å²) in [7, 11) is 0. The first-order valence-corrected chi connectivity index (χ1v) is 10.5. The Morgan fingerprint density at radius 3 is 2.67 bits per heavy atom. The summed E-state index contributed by atoms with van der Waals surface area (Å²) in [5.74, 6) is 0.726. The Morgan fingerprint density at radius 1 is 1.07 bits per heavy atom. The summed E-state index contributed by atoms with van der Waals surface area (Å²) in [4.78, 5) is 26.4. The lowest BCUT2D eigenvalue weighted by molar-refractivity contribution is 0.0976. The first kappa shape index (κ1) is 17.7. The Hall–Kier alpha value is -3.19. The van der Waals surface area contributed by atoms with Crippen molar-refractivity contribution in [3.05, 3.63) is 58.6 Å². The minimum Gasteiger partial charge on any atom is -0.379 e. The van der Waals surface area contributed by atoms with E-state index < -0.39 is 0 Å². The molecule has 2 bridgehead atoms. The number of aromatic nitrogens is 3. The lowest BCUT2D eigenvalue weighted by atomic mass is 9.83. The highest BCUT2D eigenvalue weighted by atomic mass is 19.1. The number of halogens is 1. The molecule has 152 valence electrons. The lowest BCUT2D eigenvalue weighted by Crippen LogP contribution is -2.53. The molecule has 0 radical (unpaired) electrons. The van der Waals surface area contributed by atoms with Crippen LogP contribution in [-0.2, 0) is 0 Å². The van der Waals surface area contributed by atoms with Crippen molar-refractivity contribution >= 4 is 27.6 Å². The number of nitrogens with one attached hydrogen (secondary N) is 3. The van der Waals surface area contributed by atoms with Gasteiger partial charge in [0.05, 0.1) is 22.2 Å². The number of imidazole rings is 1. The Bertz CT molecular complexity index is 1290. The number of hydrogen-bond acceptors (Lipinski definition) is 4. The number of hydrogen-bond donors (Lipinski definition) is 3. The molecule has 7 rings (SSSR count). The van der Waals surface area contributed by atoms with Crippen LogP contribution in [0, 0.1) is 11.7 Å². The molecule has 0 saturated carbocycles. The third-order valence-corrected chi connectivity index (χ3v) is 6.59. The number of piperidine rings is 3. The van der Waals surface area contributed by atoms with E-state index in [0.717, 1.165) is 54.6 Å². The minimum absolute atomic E-state index is 0.255. The van der Waals surface area contributed by atoms with Gasteiger partial charge in [0.25, 0.3) is 5.56 Å². The zero-order valence-corrected chi connectivity index (χ0v) is 16.4. The summed E-state index contributed by atoms with van der Waals surface area (Å²) in [6.45, 7) is 3.24. The number of rotatable bonds is 3. The number of para-hydroxylation sites is 2. The predicted octanol–water partition coefficient (Wildman–Crippen LogP) is 3.72. The van der Waals surface area contributed by atoms with Crippen LogP contribution in [0.5, 0.6) is 0 Å². The average molecular weight is 403 g/mol. The smallest absolute Gasteiger partial charge is 0.261 e. The van der Waals surface area contributed by atoms with E-state index in [0.29, 0.717) is 22.8 Å². The molecular weight excluding hydrogens is 381 g/mol. The molecule has 2 aromatic carbocycles. The first-order valence-electron chi connectivity index (χ1n) is 10.5. The Labute approximate surface area is 172 Å². The van der Waals surface area contributed by atoms with Crippen LogP contribution in [0.4, 0.5) is 10.1 Å². The summed E-state index contributed by atoms with van der Waals surface area (Å²) in [5.41, 5.74) is 3.09. The molecule has 0 amide bonds. The summed E-state index contributed by atoms with van der Waals surface area (Å²) >= 11 is 0. The number of aromatic amines is 2. The molecule has 6 nitrogen and oxygen atoms in total. The number of nitrogens with zero attached hydrogens (tertiary/aromatic N) is 2. The SMILES string of the molecule is O=c1[nH]c2cc(F)ccc2c(N[C@H]2CN3CCC2CC3)c1-c1nc2ccccc2[nH]1. The number of H-pyrrole nitrogens is 2. The van der Waals surface area contributed by atoms with E-state index in [1.807, 2.05) is 24.3 Å². The molecule has 7 heteroatoms. The molecule has 3 N–H and O–H groups in total. The van der Waals surface area contributed by atoms with Crippen LogP contribution in [0.2, 0.25) is 0 Å². The molecule has 0 spiro atoms. The topological polar surface area (TPSA) is 76.8 Å². The second-order valence-electron chi connectivity index (χ2n) is 8.39. The van der Waals surface area contributed by atoms with Crippen molar-refractivity contribution in [2.24, 2.45) is 5.92 Å². The molecule has 4 aromatic rings. The van der Waals surface area contributed by atoms with Crippen LogP contribution < -0.4 is 10.9 Å². The number of fused-ring (bicyclic) bond motifs is 5. The first-order chi connectivity index (χ1) is 14.7. The van der Waals surface area contributed by atoms with Crippen LogP contribution in [0.1, 0.15) is 12.8 Å². The van der Waals surface area contributed by atoms with Gasteiger partial charge in [-0.2, -0.15) is 0 Å². The van der Waals surface area contributed by atoms with Crippen LogP contribution in [0.25, 0.3) is 33.3 Å². The zero-order chi connectivity index (χ0) is 20.2. The van der Waals surface area contributed by atoms with Gasteiger partial charge in [0.1, 0.15) is 17.2 Å². The fraction of sp³-hybridized carbons (Fsp3) is 0.304. The van der Waals surface area contributed by atoms with Gasteiger partial charge in [0.2, 0.25) is 0 Å². The number of pyridine rings is 1. The van der Waals surface area contributed by atoms with Gasteiger partial charge < -0.3 is 20.2 Å². The highest BCUT2D eigenvalue weighted by Gasteiger charge is 2.35. The number of benzene rings is 2. The maximum Gasteiger partial charge on any atom is 0.261 e. The molecule has 3 fully saturated rings. The van der Waals surface area contributed by atoms with Crippen molar-refractivity contribution < 1.29 is 4.39 Å². The molecule has 3 aliphatic rings. The third-order valence-electron chi connectivity index (χ3n) is 6.59. The largest absolute Gasteiger partial charge is 0.379 e. The minimum atomic E-state index is -0.372. The van der Waals surface area contributed by atoms with Crippen molar-refractivity contribution in [1.29, 1.82) is 0 Å². The van der Waals surface area contributed by atoms with Gasteiger partial charge in [0.15, 0.2) is 0 Å². The fourth-order valence-electron chi connectivity index (χ4n) is 5.03. The highest BCUT2D eigenvalue weighted by molar-refractivity contribution is 5.99. The summed E-state index contributed by atoms with van der Waals surface area (Å²) in [5, 5.41) is 4.48. The van der Waals surface area contributed by atoms with Crippen molar-refractivity contribution in [2.75, 3.05) is 25.0 Å². The fourth-order valence-corrected chi connectivity index (χ4v) is 5.03.